The van der Waals surface area contributed by atoms with Crippen molar-refractivity contribution in [2.24, 2.45) is 5.14 Å². The minimum atomic E-state index is -3.76. The van der Waals surface area contributed by atoms with Gasteiger partial charge < -0.3 is 9.80 Å². The van der Waals surface area contributed by atoms with Crippen molar-refractivity contribution >= 4 is 39.0 Å². The van der Waals surface area contributed by atoms with Crippen LogP contribution in [0.2, 0.25) is 5.02 Å². The van der Waals surface area contributed by atoms with Crippen molar-refractivity contribution in [3.63, 3.8) is 0 Å². The molecular formula is C20H24ClN5O3S. The lowest BCUT2D eigenvalue weighted by Gasteiger charge is -2.36. The minimum Gasteiger partial charge on any atom is -0.354 e. The smallest absolute Gasteiger partial charge is 0.241 e. The first-order valence-corrected chi connectivity index (χ1v) is 11.7. The molecule has 4 rings (SSSR count). The number of pyridine rings is 1. The van der Waals surface area contributed by atoms with Crippen LogP contribution in [0, 0.1) is 0 Å². The van der Waals surface area contributed by atoms with Crippen molar-refractivity contribution in [3.05, 3.63) is 47.1 Å². The van der Waals surface area contributed by atoms with E-state index in [0.717, 1.165) is 43.2 Å². The molecule has 160 valence electrons. The van der Waals surface area contributed by atoms with Crippen molar-refractivity contribution in [1.82, 2.24) is 9.88 Å². The normalized spacial score (nSPS) is 19.8. The van der Waals surface area contributed by atoms with Crippen LogP contribution in [0.1, 0.15) is 12.5 Å². The van der Waals surface area contributed by atoms with Gasteiger partial charge in [0.15, 0.2) is 0 Å². The molecule has 1 unspecified atom stereocenters. The van der Waals surface area contributed by atoms with Crippen LogP contribution >= 0.6 is 11.6 Å². The molecule has 0 spiro atoms. The predicted octanol–water partition coefficient (Wildman–Crippen LogP) is 1.48. The number of anilines is 2. The molecule has 0 radical (unpaired) electrons. The number of hydrogen-bond donors (Lipinski definition) is 1. The van der Waals surface area contributed by atoms with Gasteiger partial charge in [-0.1, -0.05) is 11.6 Å². The summed E-state index contributed by atoms with van der Waals surface area (Å²) in [5.41, 5.74) is 1.60. The Labute approximate surface area is 181 Å². The number of hydrogen-bond acceptors (Lipinski definition) is 6. The molecule has 0 aliphatic carbocycles. The van der Waals surface area contributed by atoms with E-state index in [1.807, 2.05) is 19.1 Å². The fraction of sp³-hybridized carbons (Fsp3) is 0.400. The zero-order valence-corrected chi connectivity index (χ0v) is 18.2. The highest BCUT2D eigenvalue weighted by Crippen LogP contribution is 2.34. The Kier molecular flexibility index (Phi) is 5.71. The second-order valence-electron chi connectivity index (χ2n) is 7.75. The lowest BCUT2D eigenvalue weighted by Crippen LogP contribution is -2.51. The van der Waals surface area contributed by atoms with Crippen molar-refractivity contribution in [2.75, 3.05) is 42.5 Å². The molecule has 1 amide bonds. The van der Waals surface area contributed by atoms with Crippen LogP contribution in [0.15, 0.2) is 41.4 Å². The summed E-state index contributed by atoms with van der Waals surface area (Å²) in [4.78, 5) is 23.6. The van der Waals surface area contributed by atoms with Gasteiger partial charge in [0.1, 0.15) is 5.82 Å². The highest BCUT2D eigenvalue weighted by Gasteiger charge is 2.33. The molecule has 3 heterocycles. The number of piperazine rings is 1. The number of nitrogens with two attached hydrogens (primary N) is 1. The van der Waals surface area contributed by atoms with Crippen LogP contribution in [0.4, 0.5) is 11.5 Å². The molecule has 10 heteroatoms. The van der Waals surface area contributed by atoms with Crippen molar-refractivity contribution in [1.29, 1.82) is 0 Å². The van der Waals surface area contributed by atoms with E-state index in [9.17, 15) is 13.2 Å². The van der Waals surface area contributed by atoms with E-state index in [0.29, 0.717) is 18.0 Å². The highest BCUT2D eigenvalue weighted by molar-refractivity contribution is 7.89. The summed E-state index contributed by atoms with van der Waals surface area (Å²) in [6.07, 6.45) is 2.25. The van der Waals surface area contributed by atoms with Gasteiger partial charge in [-0.15, -0.1) is 0 Å². The SMILES string of the molecule is CC1Cc2cc(S(N)(=O)=O)ccc2N1C(=O)CN1CCN(c2ccc(Cl)cn2)CC1. The topological polar surface area (TPSA) is 99.8 Å². The molecule has 1 fully saturated rings. The van der Waals surface area contributed by atoms with Crippen LogP contribution in [0.3, 0.4) is 0 Å². The van der Waals surface area contributed by atoms with Crippen molar-refractivity contribution in [3.8, 4) is 0 Å². The Morgan fingerprint density at radius 3 is 2.57 bits per heavy atom. The zero-order chi connectivity index (χ0) is 21.5. The van der Waals surface area contributed by atoms with E-state index >= 15 is 0 Å². The van der Waals surface area contributed by atoms with Gasteiger partial charge in [-0.05, 0) is 49.2 Å². The maximum atomic E-state index is 13.1. The lowest BCUT2D eigenvalue weighted by atomic mass is 10.1. The van der Waals surface area contributed by atoms with Gasteiger partial charge in [0, 0.05) is 44.1 Å². The molecule has 1 aromatic heterocycles. The van der Waals surface area contributed by atoms with E-state index in [2.05, 4.69) is 14.8 Å². The number of benzene rings is 1. The Bertz CT molecular complexity index is 1050. The molecular weight excluding hydrogens is 426 g/mol. The Hall–Kier alpha value is -2.20. The Morgan fingerprint density at radius 1 is 1.20 bits per heavy atom. The van der Waals surface area contributed by atoms with Gasteiger partial charge in [0.05, 0.1) is 16.5 Å². The quantitative estimate of drug-likeness (QED) is 0.758. The molecule has 1 atom stereocenters. The maximum absolute atomic E-state index is 13.1. The van der Waals surface area contributed by atoms with E-state index in [1.54, 1.807) is 23.2 Å². The van der Waals surface area contributed by atoms with E-state index in [-0.39, 0.29) is 16.8 Å². The van der Waals surface area contributed by atoms with Gasteiger partial charge in [-0.25, -0.2) is 18.5 Å². The number of carbonyl (C=O) groups is 1. The van der Waals surface area contributed by atoms with Crippen molar-refractivity contribution < 1.29 is 13.2 Å². The number of fused-ring (bicyclic) bond motifs is 1. The van der Waals surface area contributed by atoms with Crippen LogP contribution in [-0.4, -0.2) is 63.0 Å². The summed E-state index contributed by atoms with van der Waals surface area (Å²) in [5.74, 6) is 0.904. The lowest BCUT2D eigenvalue weighted by molar-refractivity contribution is -0.120. The van der Waals surface area contributed by atoms with E-state index in [1.165, 1.54) is 6.07 Å². The Morgan fingerprint density at radius 2 is 1.93 bits per heavy atom. The van der Waals surface area contributed by atoms with Gasteiger partial charge in [0.25, 0.3) is 0 Å². The van der Waals surface area contributed by atoms with Gasteiger partial charge in [-0.3, -0.25) is 9.69 Å². The summed E-state index contributed by atoms with van der Waals surface area (Å²) in [6, 6.07) is 8.43. The second-order valence-corrected chi connectivity index (χ2v) is 9.75. The summed E-state index contributed by atoms with van der Waals surface area (Å²) >= 11 is 5.90. The molecule has 2 aromatic rings. The van der Waals surface area contributed by atoms with E-state index < -0.39 is 10.0 Å². The number of carbonyl (C=O) groups excluding carboxylic acids is 1. The average molecular weight is 450 g/mol. The first kappa shape index (κ1) is 21.0. The molecule has 1 aromatic carbocycles. The second kappa shape index (κ2) is 8.14. The molecule has 0 saturated carbocycles. The summed E-state index contributed by atoms with van der Waals surface area (Å²) in [5, 5.41) is 5.84. The number of rotatable bonds is 4. The minimum absolute atomic E-state index is 0.0164. The van der Waals surface area contributed by atoms with Crippen LogP contribution < -0.4 is 14.9 Å². The highest BCUT2D eigenvalue weighted by atomic mass is 35.5. The number of halogens is 1. The van der Waals surface area contributed by atoms with Gasteiger partial charge in [0.2, 0.25) is 15.9 Å². The Balaban J connectivity index is 1.40. The average Bonchev–Trinajstić information content (AvgIpc) is 3.03. The molecule has 0 bridgehead atoms. The first-order valence-electron chi connectivity index (χ1n) is 9.79. The number of aromatic nitrogens is 1. The monoisotopic (exact) mass is 449 g/mol. The summed E-state index contributed by atoms with van der Waals surface area (Å²) in [7, 11) is -3.76. The largest absolute Gasteiger partial charge is 0.354 e. The zero-order valence-electron chi connectivity index (χ0n) is 16.7. The molecule has 30 heavy (non-hydrogen) atoms. The molecule has 8 nitrogen and oxygen atoms in total. The summed E-state index contributed by atoms with van der Waals surface area (Å²) < 4.78 is 23.2. The number of amides is 1. The van der Waals surface area contributed by atoms with E-state index in [4.69, 9.17) is 16.7 Å². The number of nitrogens with zero attached hydrogens (tertiary/aromatic N) is 4. The standard InChI is InChI=1S/C20H24ClN5O3S/c1-14-10-15-11-17(30(22,28)29)3-4-18(15)26(14)20(27)13-24-6-8-25(9-7-24)19-5-2-16(21)12-23-19/h2-5,11-12,14H,6-10,13H2,1H3,(H2,22,28,29). The number of primary sulfonamides is 1. The van der Waals surface area contributed by atoms with Gasteiger partial charge >= 0.3 is 0 Å². The third-order valence-corrected chi connectivity index (χ3v) is 6.77. The summed E-state index contributed by atoms with van der Waals surface area (Å²) in [6.45, 7) is 5.38. The third kappa shape index (κ3) is 4.29. The molecule has 2 N–H and O–H groups in total. The molecule has 2 aliphatic rings. The maximum Gasteiger partial charge on any atom is 0.241 e. The predicted molar refractivity (Wildman–Crippen MR) is 116 cm³/mol. The molecule has 1 saturated heterocycles. The van der Waals surface area contributed by atoms with Gasteiger partial charge in [-0.2, -0.15) is 0 Å². The van der Waals surface area contributed by atoms with Crippen LogP contribution in [-0.2, 0) is 21.2 Å². The fourth-order valence-corrected chi connectivity index (χ4v) is 4.80. The van der Waals surface area contributed by atoms with Crippen LogP contribution in [0.5, 0.6) is 0 Å². The molecule has 2 aliphatic heterocycles. The third-order valence-electron chi connectivity index (χ3n) is 5.63. The number of sulfonamides is 1. The van der Waals surface area contributed by atoms with Crippen LogP contribution in [0.25, 0.3) is 0 Å². The van der Waals surface area contributed by atoms with Crippen molar-refractivity contribution in [2.45, 2.75) is 24.3 Å². The first-order chi connectivity index (χ1) is 14.2. The fourth-order valence-electron chi connectivity index (χ4n) is 4.12.